The lowest BCUT2D eigenvalue weighted by molar-refractivity contribution is 0.102. The first kappa shape index (κ1) is 22.0. The minimum atomic E-state index is -0.383. The average molecular weight is 480 g/mol. The maximum atomic E-state index is 13.8. The number of ketones is 1. The molecule has 0 fully saturated rings. The van der Waals surface area contributed by atoms with Crippen LogP contribution in [0.25, 0.3) is 15.9 Å². The molecule has 0 bridgehead atoms. The molecule has 2 aromatic heterocycles. The van der Waals surface area contributed by atoms with Gasteiger partial charge in [0.15, 0.2) is 10.9 Å². The first-order valence-electron chi connectivity index (χ1n) is 10.6. The number of aromatic nitrogens is 2. The number of Topliss-reactive ketones (excluding diaryl/α,β-unsaturated/α-hetero) is 1. The van der Waals surface area contributed by atoms with E-state index in [0.29, 0.717) is 16.1 Å². The molecule has 0 atom stereocenters. The molecule has 0 amide bonds. The first-order chi connectivity index (χ1) is 15.9. The van der Waals surface area contributed by atoms with Gasteiger partial charge in [-0.2, -0.15) is 0 Å². The molecule has 0 N–H and O–H groups in total. The third-order valence-electron chi connectivity index (χ3n) is 5.83. The van der Waals surface area contributed by atoms with Crippen LogP contribution in [0.3, 0.4) is 0 Å². The quantitative estimate of drug-likeness (QED) is 0.233. The van der Waals surface area contributed by atoms with Crippen LogP contribution in [0.15, 0.2) is 58.5 Å². The van der Waals surface area contributed by atoms with Gasteiger partial charge in [0, 0.05) is 23.5 Å². The summed E-state index contributed by atoms with van der Waals surface area (Å²) in [4.78, 5) is 35.5. The predicted octanol–water partition coefficient (Wildman–Crippen LogP) is 4.86. The van der Waals surface area contributed by atoms with E-state index in [1.165, 1.54) is 40.9 Å². The molecule has 33 heavy (non-hydrogen) atoms. The fourth-order valence-corrected chi connectivity index (χ4v) is 6.27. The van der Waals surface area contributed by atoms with Gasteiger partial charge in [0.2, 0.25) is 0 Å². The highest BCUT2D eigenvalue weighted by Crippen LogP contribution is 2.34. The molecule has 1 aliphatic heterocycles. The van der Waals surface area contributed by atoms with E-state index in [2.05, 4.69) is 11.9 Å². The van der Waals surface area contributed by atoms with Crippen molar-refractivity contribution < 1.29 is 9.18 Å². The number of hydrogen-bond acceptors (Lipinski definition) is 6. The summed E-state index contributed by atoms with van der Waals surface area (Å²) in [6.07, 6.45) is 0.826. The Morgan fingerprint density at radius 1 is 1.15 bits per heavy atom. The highest BCUT2D eigenvalue weighted by molar-refractivity contribution is 7.99. The molecule has 0 aliphatic carbocycles. The van der Waals surface area contributed by atoms with Crippen LogP contribution in [0.1, 0.15) is 26.4 Å². The second-order valence-electron chi connectivity index (χ2n) is 8.26. The summed E-state index contributed by atoms with van der Waals surface area (Å²) in [5.41, 5.74) is 3.26. The Morgan fingerprint density at radius 2 is 1.88 bits per heavy atom. The maximum Gasteiger partial charge on any atom is 0.267 e. The molecule has 5 nitrogen and oxygen atoms in total. The van der Waals surface area contributed by atoms with Gasteiger partial charge < -0.3 is 4.90 Å². The van der Waals surface area contributed by atoms with Gasteiger partial charge in [-0.05, 0) is 62.4 Å². The summed E-state index contributed by atoms with van der Waals surface area (Å²) in [6, 6.07) is 13.2. The van der Waals surface area contributed by atoms with Crippen LogP contribution in [0.2, 0.25) is 0 Å². The number of fused-ring (bicyclic) bond motifs is 3. The van der Waals surface area contributed by atoms with Crippen LogP contribution in [-0.4, -0.2) is 39.6 Å². The van der Waals surface area contributed by atoms with E-state index >= 15 is 0 Å². The highest BCUT2D eigenvalue weighted by atomic mass is 32.2. The van der Waals surface area contributed by atoms with Gasteiger partial charge in [0.1, 0.15) is 10.6 Å². The van der Waals surface area contributed by atoms with Crippen molar-refractivity contribution in [2.75, 3.05) is 19.3 Å². The molecule has 0 saturated heterocycles. The van der Waals surface area contributed by atoms with Gasteiger partial charge in [-0.15, -0.1) is 11.3 Å². The van der Waals surface area contributed by atoms with Gasteiger partial charge in [-0.25, -0.2) is 9.37 Å². The molecule has 0 radical (unpaired) electrons. The number of carbonyl (C=O) groups is 1. The number of benzene rings is 2. The Morgan fingerprint density at radius 3 is 2.61 bits per heavy atom. The zero-order valence-electron chi connectivity index (χ0n) is 18.3. The Hall–Kier alpha value is -2.81. The van der Waals surface area contributed by atoms with E-state index in [4.69, 9.17) is 4.98 Å². The largest absolute Gasteiger partial charge is 0.301 e. The normalized spacial score (nSPS) is 13.9. The summed E-state index contributed by atoms with van der Waals surface area (Å²) in [5.74, 6) is -0.424. The van der Waals surface area contributed by atoms with Crippen LogP contribution in [0, 0.1) is 12.7 Å². The third-order valence-corrected chi connectivity index (χ3v) is 7.87. The monoisotopic (exact) mass is 479 g/mol. The number of thiophene rings is 1. The maximum absolute atomic E-state index is 13.8. The number of carbonyl (C=O) groups excluding carboxylic acids is 1. The van der Waals surface area contributed by atoms with E-state index in [-0.39, 0.29) is 22.9 Å². The fourth-order valence-electron chi connectivity index (χ4n) is 4.02. The van der Waals surface area contributed by atoms with Crippen molar-refractivity contribution >= 4 is 39.1 Å². The van der Waals surface area contributed by atoms with E-state index in [1.807, 2.05) is 31.2 Å². The Labute approximate surface area is 198 Å². The second-order valence-corrected chi connectivity index (χ2v) is 10.3. The van der Waals surface area contributed by atoms with Crippen LogP contribution in [0.5, 0.6) is 0 Å². The SMILES string of the molecule is Cc1ccc(-n2c(SCC(=O)c3ccc(F)cc3)nc3sc4c(c3c2=O)CCN(C)C4)cc1. The van der Waals surface area contributed by atoms with E-state index < -0.39 is 0 Å². The molecule has 0 unspecified atom stereocenters. The van der Waals surface area contributed by atoms with Crippen LogP contribution >= 0.6 is 23.1 Å². The second kappa shape index (κ2) is 8.85. The van der Waals surface area contributed by atoms with Crippen LogP contribution in [-0.2, 0) is 13.0 Å². The third kappa shape index (κ3) is 4.26. The number of thioether (sulfide) groups is 1. The van der Waals surface area contributed by atoms with Gasteiger partial charge in [-0.3, -0.25) is 14.2 Å². The van der Waals surface area contributed by atoms with Crippen molar-refractivity contribution in [3.8, 4) is 5.69 Å². The molecular weight excluding hydrogens is 457 g/mol. The molecule has 2 aromatic carbocycles. The molecule has 0 saturated carbocycles. The van der Waals surface area contributed by atoms with Gasteiger partial charge >= 0.3 is 0 Å². The summed E-state index contributed by atoms with van der Waals surface area (Å²) < 4.78 is 14.8. The molecule has 4 aromatic rings. The fraction of sp³-hybridized carbons (Fsp3) is 0.240. The first-order valence-corrected chi connectivity index (χ1v) is 12.5. The number of halogens is 1. The van der Waals surface area contributed by atoms with Gasteiger partial charge in [0.25, 0.3) is 5.56 Å². The average Bonchev–Trinajstić information content (AvgIpc) is 3.16. The Kier molecular flexibility index (Phi) is 5.90. The minimum absolute atomic E-state index is 0.0948. The van der Waals surface area contributed by atoms with Crippen LogP contribution in [0.4, 0.5) is 4.39 Å². The van der Waals surface area contributed by atoms with Crippen LogP contribution < -0.4 is 5.56 Å². The number of hydrogen-bond donors (Lipinski definition) is 0. The summed E-state index contributed by atoms with van der Waals surface area (Å²) in [5, 5.41) is 1.18. The van der Waals surface area contributed by atoms with Crippen molar-refractivity contribution in [1.29, 1.82) is 0 Å². The van der Waals surface area contributed by atoms with Crippen molar-refractivity contribution in [3.05, 3.63) is 86.3 Å². The topological polar surface area (TPSA) is 55.2 Å². The number of rotatable bonds is 5. The molecule has 3 heterocycles. The molecule has 1 aliphatic rings. The number of nitrogens with zero attached hydrogens (tertiary/aromatic N) is 3. The molecule has 5 rings (SSSR count). The van der Waals surface area contributed by atoms with E-state index in [0.717, 1.165) is 41.2 Å². The van der Waals surface area contributed by atoms with Gasteiger partial charge in [0.05, 0.1) is 16.8 Å². The lowest BCUT2D eigenvalue weighted by atomic mass is 10.1. The highest BCUT2D eigenvalue weighted by Gasteiger charge is 2.24. The van der Waals surface area contributed by atoms with Crippen molar-refractivity contribution in [2.24, 2.45) is 0 Å². The summed E-state index contributed by atoms with van der Waals surface area (Å²) in [6.45, 7) is 3.72. The number of likely N-dealkylation sites (N-methyl/N-ethyl adjacent to an activating group) is 1. The zero-order valence-corrected chi connectivity index (χ0v) is 19.9. The summed E-state index contributed by atoms with van der Waals surface area (Å²) >= 11 is 2.80. The van der Waals surface area contributed by atoms with Crippen molar-refractivity contribution in [2.45, 2.75) is 25.0 Å². The summed E-state index contributed by atoms with van der Waals surface area (Å²) in [7, 11) is 2.08. The lowest BCUT2D eigenvalue weighted by Gasteiger charge is -2.21. The molecule has 168 valence electrons. The van der Waals surface area contributed by atoms with E-state index in [9.17, 15) is 14.0 Å². The molecule has 0 spiro atoms. The van der Waals surface area contributed by atoms with Gasteiger partial charge in [-0.1, -0.05) is 29.5 Å². The predicted molar refractivity (Wildman–Crippen MR) is 131 cm³/mol. The minimum Gasteiger partial charge on any atom is -0.301 e. The Balaban J connectivity index is 1.59. The zero-order chi connectivity index (χ0) is 23.1. The smallest absolute Gasteiger partial charge is 0.267 e. The Bertz CT molecular complexity index is 1410. The van der Waals surface area contributed by atoms with Crippen molar-refractivity contribution in [3.63, 3.8) is 0 Å². The standard InChI is InChI=1S/C25H22FN3O2S2/c1-15-3-9-18(10-4-15)29-24(31)22-19-11-12-28(2)13-21(19)33-23(22)27-25(29)32-14-20(30)16-5-7-17(26)8-6-16/h3-10H,11-14H2,1-2H3. The number of aryl methyl sites for hydroxylation is 1. The van der Waals surface area contributed by atoms with E-state index in [1.54, 1.807) is 15.9 Å². The molecular formula is C25H22FN3O2S2. The molecule has 8 heteroatoms. The van der Waals surface area contributed by atoms with Crippen molar-refractivity contribution in [1.82, 2.24) is 14.5 Å². The lowest BCUT2D eigenvalue weighted by Crippen LogP contribution is -2.27.